The number of hydrogen-bond donors (Lipinski definition) is 3. The third kappa shape index (κ3) is 9.31. The quantitative estimate of drug-likeness (QED) is 0.186. The lowest BCUT2D eigenvalue weighted by atomic mass is 9.84. The summed E-state index contributed by atoms with van der Waals surface area (Å²) in [6.07, 6.45) is 5.81. The highest BCUT2D eigenvalue weighted by Gasteiger charge is 2.39. The van der Waals surface area contributed by atoms with Crippen molar-refractivity contribution in [3.8, 4) is 28.1 Å². The first-order valence-electron chi connectivity index (χ1n) is 21.5. The molecule has 61 heavy (non-hydrogen) atoms. The highest BCUT2D eigenvalue weighted by Crippen LogP contribution is 2.41. The number of aromatic nitrogens is 2. The first-order chi connectivity index (χ1) is 29.2. The van der Waals surface area contributed by atoms with Crippen molar-refractivity contribution in [2.75, 3.05) is 40.5 Å². The molecule has 7 rings (SSSR count). The van der Waals surface area contributed by atoms with Gasteiger partial charge in [-0.2, -0.15) is 0 Å². The van der Waals surface area contributed by atoms with E-state index in [2.05, 4.69) is 53.2 Å². The Labute approximate surface area is 357 Å². The van der Waals surface area contributed by atoms with Gasteiger partial charge in [-0.05, 0) is 96.7 Å². The predicted octanol–water partition coefficient (Wildman–Crippen LogP) is 5.41. The van der Waals surface area contributed by atoms with Crippen molar-refractivity contribution < 1.29 is 38.5 Å². The summed E-state index contributed by atoms with van der Waals surface area (Å²) in [4.78, 5) is 62.3. The minimum absolute atomic E-state index is 0.00958. The number of phenolic OH excluding ortho intramolecular Hbond substituents is 1. The molecular formula is C47H60N6O8. The van der Waals surface area contributed by atoms with Gasteiger partial charge in [-0.3, -0.25) is 29.2 Å². The number of nitrogens with zero attached hydrogens (tertiary/aromatic N) is 4. The number of pyridine rings is 1. The van der Waals surface area contributed by atoms with E-state index < -0.39 is 41.3 Å². The minimum Gasteiger partial charge on any atom is -0.508 e. The van der Waals surface area contributed by atoms with Gasteiger partial charge in [0, 0.05) is 74.5 Å². The van der Waals surface area contributed by atoms with Crippen LogP contribution in [-0.4, -0.2) is 107 Å². The first kappa shape index (κ1) is 43.8. The van der Waals surface area contributed by atoms with Gasteiger partial charge >= 0.3 is 5.97 Å². The highest BCUT2D eigenvalue weighted by atomic mass is 16.5. The number of fused-ring (bicyclic) bond motifs is 6. The number of likely N-dealkylation sites (N-methyl/N-ethyl adjacent to an activating group) is 1. The number of methoxy groups -OCH3 is 1. The van der Waals surface area contributed by atoms with E-state index in [0.717, 1.165) is 44.4 Å². The van der Waals surface area contributed by atoms with Crippen LogP contribution in [0.3, 0.4) is 0 Å². The molecule has 3 amide bonds. The second kappa shape index (κ2) is 18.3. The van der Waals surface area contributed by atoms with Gasteiger partial charge in [0.05, 0.1) is 31.4 Å². The molecule has 6 bridgehead atoms. The fourth-order valence-corrected chi connectivity index (χ4v) is 9.27. The van der Waals surface area contributed by atoms with E-state index in [9.17, 15) is 24.3 Å². The summed E-state index contributed by atoms with van der Waals surface area (Å²) < 4.78 is 19.5. The number of aromatic hydroxyl groups is 1. The van der Waals surface area contributed by atoms with Gasteiger partial charge in [0.1, 0.15) is 23.9 Å². The second-order valence-corrected chi connectivity index (χ2v) is 17.9. The van der Waals surface area contributed by atoms with Crippen molar-refractivity contribution in [1.29, 1.82) is 0 Å². The van der Waals surface area contributed by atoms with Crippen LogP contribution >= 0.6 is 0 Å². The van der Waals surface area contributed by atoms with Crippen LogP contribution in [0, 0.1) is 17.3 Å². The van der Waals surface area contributed by atoms with Crippen molar-refractivity contribution in [2.45, 2.75) is 98.0 Å². The Bertz CT molecular complexity index is 2280. The van der Waals surface area contributed by atoms with Gasteiger partial charge in [0.25, 0.3) is 5.91 Å². The summed E-state index contributed by atoms with van der Waals surface area (Å²) in [6, 6.07) is 10.7. The van der Waals surface area contributed by atoms with Crippen LogP contribution in [0.25, 0.3) is 33.3 Å². The molecule has 326 valence electrons. The number of carbonyl (C=O) groups is 4. The first-order valence-corrected chi connectivity index (χ1v) is 21.5. The van der Waals surface area contributed by atoms with Crippen LogP contribution < -0.4 is 10.7 Å². The number of hydrazine groups is 1. The third-order valence-corrected chi connectivity index (χ3v) is 12.3. The molecule has 2 aromatic heterocycles. The number of hydrogen-bond acceptors (Lipinski definition) is 10. The van der Waals surface area contributed by atoms with Gasteiger partial charge in [0.2, 0.25) is 11.8 Å². The number of carbonyl (C=O) groups excluding carboxylic acids is 4. The molecule has 2 aromatic carbocycles. The lowest BCUT2D eigenvalue weighted by molar-refractivity contribution is -0.155. The Kier molecular flexibility index (Phi) is 13.2. The number of benzene rings is 2. The van der Waals surface area contributed by atoms with Crippen molar-refractivity contribution in [3.63, 3.8) is 0 Å². The van der Waals surface area contributed by atoms with Crippen LogP contribution in [-0.2, 0) is 59.4 Å². The molecular weight excluding hydrogens is 777 g/mol. The molecule has 3 aliphatic rings. The average molecular weight is 837 g/mol. The highest BCUT2D eigenvalue weighted by molar-refractivity contribution is 5.96. The zero-order chi connectivity index (χ0) is 43.6. The van der Waals surface area contributed by atoms with E-state index in [1.54, 1.807) is 32.5 Å². The van der Waals surface area contributed by atoms with E-state index in [-0.39, 0.29) is 36.5 Å². The van der Waals surface area contributed by atoms with Crippen molar-refractivity contribution in [2.24, 2.45) is 17.3 Å². The number of phenols is 1. The molecule has 4 atom stereocenters. The maximum Gasteiger partial charge on any atom is 0.324 e. The van der Waals surface area contributed by atoms with Gasteiger partial charge in [-0.1, -0.05) is 39.8 Å². The fourth-order valence-electron chi connectivity index (χ4n) is 9.27. The van der Waals surface area contributed by atoms with E-state index >= 15 is 0 Å². The Morgan fingerprint density at radius 3 is 2.64 bits per heavy atom. The van der Waals surface area contributed by atoms with Crippen LogP contribution in [0.5, 0.6) is 5.75 Å². The van der Waals surface area contributed by atoms with E-state index in [0.29, 0.717) is 64.2 Å². The minimum atomic E-state index is -1.11. The summed E-state index contributed by atoms with van der Waals surface area (Å²) in [6.45, 7) is 12.3. The monoisotopic (exact) mass is 836 g/mol. The lowest BCUT2D eigenvalue weighted by Gasteiger charge is -2.37. The zero-order valence-corrected chi connectivity index (χ0v) is 36.5. The van der Waals surface area contributed by atoms with Crippen molar-refractivity contribution in [1.82, 2.24) is 30.2 Å². The standard InChI is InChI=1S/C47H60N6O8/c1-8-52-40-12-11-30-22-35(40)36(42(52)37-24-48-15-13-31(37)25-59-7)23-47(4,5)27-61-46(58)38-10-9-16-53(50-38)45(57)39(20-29-18-33(30)21-34(54)19-29)49-43(55)41(28(2)3)51(6)44(56)32-14-17-60-26-32/h11-13,15,18-19,21-22,24,28,32,38-39,41,50,54H,8-10,14,16-17,20,23,25-27H2,1-7H3,(H,49,55)/t32-,38+,39+,41?/m1/s1. The molecule has 5 heterocycles. The number of cyclic esters (lactones) is 1. The molecule has 14 nitrogen and oxygen atoms in total. The van der Waals surface area contributed by atoms with Crippen molar-refractivity contribution in [3.05, 3.63) is 71.5 Å². The number of nitrogens with one attached hydrogen (secondary N) is 2. The Morgan fingerprint density at radius 1 is 1.11 bits per heavy atom. The summed E-state index contributed by atoms with van der Waals surface area (Å²) in [5.74, 6) is -2.17. The summed E-state index contributed by atoms with van der Waals surface area (Å²) >= 11 is 0. The van der Waals surface area contributed by atoms with Crippen LogP contribution in [0.15, 0.2) is 54.9 Å². The molecule has 0 saturated carbocycles. The normalized spacial score (nSPS) is 21.2. The van der Waals surface area contributed by atoms with E-state index in [1.807, 2.05) is 38.2 Å². The largest absolute Gasteiger partial charge is 0.508 e. The van der Waals surface area contributed by atoms with Crippen LogP contribution in [0.4, 0.5) is 0 Å². The molecule has 14 heteroatoms. The van der Waals surface area contributed by atoms with Gasteiger partial charge in [0.15, 0.2) is 0 Å². The van der Waals surface area contributed by atoms with Gasteiger partial charge in [-0.25, -0.2) is 5.43 Å². The molecule has 2 saturated heterocycles. The lowest BCUT2D eigenvalue weighted by Crippen LogP contribution is -2.62. The number of rotatable bonds is 9. The smallest absolute Gasteiger partial charge is 0.324 e. The number of amides is 3. The zero-order valence-electron chi connectivity index (χ0n) is 36.5. The second-order valence-electron chi connectivity index (χ2n) is 17.9. The molecule has 3 aliphatic heterocycles. The summed E-state index contributed by atoms with van der Waals surface area (Å²) in [5, 5.41) is 16.7. The Hall–Kier alpha value is -5.31. The predicted molar refractivity (Wildman–Crippen MR) is 231 cm³/mol. The molecule has 0 radical (unpaired) electrons. The summed E-state index contributed by atoms with van der Waals surface area (Å²) in [5.41, 5.74) is 9.88. The molecule has 0 aliphatic carbocycles. The van der Waals surface area contributed by atoms with Gasteiger partial charge in [-0.15, -0.1) is 0 Å². The molecule has 3 N–H and O–H groups in total. The average Bonchev–Trinajstić information content (AvgIpc) is 3.88. The fraction of sp³-hybridized carbons (Fsp3) is 0.511. The maximum absolute atomic E-state index is 14.6. The third-order valence-electron chi connectivity index (χ3n) is 12.3. The van der Waals surface area contributed by atoms with Crippen LogP contribution in [0.2, 0.25) is 0 Å². The van der Waals surface area contributed by atoms with E-state index in [4.69, 9.17) is 14.2 Å². The van der Waals surface area contributed by atoms with Crippen LogP contribution in [0.1, 0.15) is 70.6 Å². The summed E-state index contributed by atoms with van der Waals surface area (Å²) in [7, 11) is 3.30. The molecule has 4 aromatic rings. The number of aryl methyl sites for hydroxylation is 1. The van der Waals surface area contributed by atoms with E-state index in [1.165, 1.54) is 9.91 Å². The van der Waals surface area contributed by atoms with Crippen molar-refractivity contribution >= 4 is 34.6 Å². The number of esters is 1. The SMILES string of the molecule is CCn1c(-c2cnccc2COC)c2c3cc(ccc31)-c1cc(O)cc(c1)C[C@H](NC(=O)C(C(C)C)N(C)C(=O)[C@@H]1CCOC1)C(=O)N1CCC[C@H](N1)C(=O)OCC(C)(C)C2. The Morgan fingerprint density at radius 2 is 1.92 bits per heavy atom. The number of ether oxygens (including phenoxy) is 3. The molecule has 0 spiro atoms. The topological polar surface area (TPSA) is 165 Å². The molecule has 2 fully saturated rings. The molecule has 1 unspecified atom stereocenters. The van der Waals surface area contributed by atoms with Gasteiger partial charge < -0.3 is 34.1 Å². The Balaban J connectivity index is 1.34. The maximum atomic E-state index is 14.6.